The number of halogens is 1. The van der Waals surface area contributed by atoms with Gasteiger partial charge in [0.1, 0.15) is 0 Å². The Labute approximate surface area is 157 Å². The Bertz CT molecular complexity index is 732. The van der Waals surface area contributed by atoms with Crippen LogP contribution in [-0.4, -0.2) is 75.3 Å². The van der Waals surface area contributed by atoms with Gasteiger partial charge < -0.3 is 19.7 Å². The van der Waals surface area contributed by atoms with E-state index in [-0.39, 0.29) is 4.90 Å². The van der Waals surface area contributed by atoms with Crippen molar-refractivity contribution in [1.82, 2.24) is 9.21 Å². The van der Waals surface area contributed by atoms with Crippen LogP contribution in [0.25, 0.3) is 0 Å². The lowest BCUT2D eigenvalue weighted by Crippen LogP contribution is -2.43. The number of hydrogen-bond acceptors (Lipinski definition) is 5. The molecule has 0 aromatic heterocycles. The van der Waals surface area contributed by atoms with Crippen LogP contribution in [0.5, 0.6) is 0 Å². The molecule has 0 amide bonds. The standard InChI is InChI=1S/C15H20ClN3O4S2/c16-13-2-1-12(25(20,21)19-5-9-23-10-6-19)11-14(13)17-15(24)18-3-7-22-8-4-18/h1-2,11H,3-10H2,(H,17,24). The summed E-state index contributed by atoms with van der Waals surface area (Å²) in [6, 6.07) is 4.61. The molecule has 2 fully saturated rings. The van der Waals surface area contributed by atoms with E-state index in [0.717, 1.165) is 0 Å². The zero-order valence-electron chi connectivity index (χ0n) is 13.6. The first-order valence-electron chi connectivity index (χ1n) is 7.99. The summed E-state index contributed by atoms with van der Waals surface area (Å²) in [5.41, 5.74) is 0.479. The first kappa shape index (κ1) is 18.8. The smallest absolute Gasteiger partial charge is 0.243 e. The fraction of sp³-hybridized carbons (Fsp3) is 0.533. The number of nitrogens with zero attached hydrogens (tertiary/aromatic N) is 2. The van der Waals surface area contributed by atoms with E-state index in [1.165, 1.54) is 16.4 Å². The third-order valence-electron chi connectivity index (χ3n) is 4.09. The van der Waals surface area contributed by atoms with Gasteiger partial charge in [-0.15, -0.1) is 0 Å². The van der Waals surface area contributed by atoms with Crippen molar-refractivity contribution in [2.24, 2.45) is 0 Å². The number of sulfonamides is 1. The minimum absolute atomic E-state index is 0.186. The molecule has 138 valence electrons. The minimum Gasteiger partial charge on any atom is -0.379 e. The molecule has 0 aliphatic carbocycles. The van der Waals surface area contributed by atoms with E-state index in [2.05, 4.69) is 5.32 Å². The molecule has 0 saturated carbocycles. The van der Waals surface area contributed by atoms with Gasteiger partial charge in [-0.05, 0) is 30.4 Å². The summed E-state index contributed by atoms with van der Waals surface area (Å²) in [6.45, 7) is 4.10. The molecular weight excluding hydrogens is 386 g/mol. The number of ether oxygens (including phenoxy) is 2. The Balaban J connectivity index is 1.79. The molecule has 1 aromatic carbocycles. The second-order valence-electron chi connectivity index (χ2n) is 5.69. The first-order valence-corrected chi connectivity index (χ1v) is 10.2. The SMILES string of the molecule is O=S(=O)(c1ccc(Cl)c(NC(=S)N2CCOCC2)c1)N1CCOCC1. The zero-order valence-corrected chi connectivity index (χ0v) is 16.0. The van der Waals surface area contributed by atoms with Crippen molar-refractivity contribution in [3.63, 3.8) is 0 Å². The molecule has 3 rings (SSSR count). The van der Waals surface area contributed by atoms with Crippen molar-refractivity contribution in [1.29, 1.82) is 0 Å². The molecule has 0 unspecified atom stereocenters. The highest BCUT2D eigenvalue weighted by molar-refractivity contribution is 7.89. The van der Waals surface area contributed by atoms with E-state index in [9.17, 15) is 8.42 Å². The summed E-state index contributed by atoms with van der Waals surface area (Å²) in [7, 11) is -3.58. The largest absolute Gasteiger partial charge is 0.379 e. The number of rotatable bonds is 3. The van der Waals surface area contributed by atoms with Crippen molar-refractivity contribution in [2.75, 3.05) is 57.9 Å². The van der Waals surface area contributed by atoms with Gasteiger partial charge in [0.05, 0.1) is 42.0 Å². The van der Waals surface area contributed by atoms with Gasteiger partial charge in [-0.1, -0.05) is 11.6 Å². The fourth-order valence-electron chi connectivity index (χ4n) is 2.66. The average molecular weight is 406 g/mol. The monoisotopic (exact) mass is 405 g/mol. The van der Waals surface area contributed by atoms with Gasteiger partial charge in [0, 0.05) is 26.2 Å². The maximum absolute atomic E-state index is 12.8. The van der Waals surface area contributed by atoms with Crippen molar-refractivity contribution >= 4 is 44.6 Å². The molecule has 1 aromatic rings. The van der Waals surface area contributed by atoms with Crippen LogP contribution in [-0.2, 0) is 19.5 Å². The van der Waals surface area contributed by atoms with Gasteiger partial charge in [0.25, 0.3) is 0 Å². The third kappa shape index (κ3) is 4.42. The highest BCUT2D eigenvalue weighted by Gasteiger charge is 2.27. The van der Waals surface area contributed by atoms with Crippen LogP contribution in [0.2, 0.25) is 5.02 Å². The number of benzene rings is 1. The summed E-state index contributed by atoms with van der Waals surface area (Å²) in [5.74, 6) is 0. The zero-order chi connectivity index (χ0) is 17.9. The van der Waals surface area contributed by atoms with Crippen LogP contribution < -0.4 is 5.32 Å². The van der Waals surface area contributed by atoms with Crippen LogP contribution in [0.1, 0.15) is 0 Å². The van der Waals surface area contributed by atoms with E-state index in [4.69, 9.17) is 33.3 Å². The van der Waals surface area contributed by atoms with Crippen LogP contribution in [0.3, 0.4) is 0 Å². The Kier molecular flexibility index (Phi) is 6.13. The van der Waals surface area contributed by atoms with E-state index in [1.54, 1.807) is 6.07 Å². The predicted molar refractivity (Wildman–Crippen MR) is 99.6 cm³/mol. The van der Waals surface area contributed by atoms with Crippen molar-refractivity contribution in [3.8, 4) is 0 Å². The maximum atomic E-state index is 12.8. The number of morpholine rings is 2. The topological polar surface area (TPSA) is 71.1 Å². The number of hydrogen-bond donors (Lipinski definition) is 1. The van der Waals surface area contributed by atoms with E-state index in [0.29, 0.717) is 68.4 Å². The molecule has 2 heterocycles. The lowest BCUT2D eigenvalue weighted by molar-refractivity contribution is 0.0690. The van der Waals surface area contributed by atoms with Crippen LogP contribution in [0.4, 0.5) is 5.69 Å². The average Bonchev–Trinajstić information content (AvgIpc) is 2.64. The van der Waals surface area contributed by atoms with E-state index in [1.807, 2.05) is 4.90 Å². The number of nitrogens with one attached hydrogen (secondary N) is 1. The van der Waals surface area contributed by atoms with Gasteiger partial charge in [-0.25, -0.2) is 8.42 Å². The third-order valence-corrected chi connectivity index (χ3v) is 6.67. The molecule has 0 atom stereocenters. The highest BCUT2D eigenvalue weighted by atomic mass is 35.5. The molecule has 0 spiro atoms. The van der Waals surface area contributed by atoms with Crippen LogP contribution >= 0.6 is 23.8 Å². The van der Waals surface area contributed by atoms with E-state index >= 15 is 0 Å². The Hall–Kier alpha value is -0.970. The second kappa shape index (κ2) is 8.15. The van der Waals surface area contributed by atoms with Crippen LogP contribution in [0.15, 0.2) is 23.1 Å². The molecule has 0 radical (unpaired) electrons. The lowest BCUT2D eigenvalue weighted by Gasteiger charge is -2.30. The normalized spacial score (nSPS) is 19.6. The van der Waals surface area contributed by atoms with Crippen LogP contribution in [0, 0.1) is 0 Å². The molecule has 25 heavy (non-hydrogen) atoms. The summed E-state index contributed by atoms with van der Waals surface area (Å²) >= 11 is 11.6. The van der Waals surface area contributed by atoms with Gasteiger partial charge >= 0.3 is 0 Å². The summed E-state index contributed by atoms with van der Waals surface area (Å²) in [6.07, 6.45) is 0. The molecule has 1 N–H and O–H groups in total. The number of anilines is 1. The van der Waals surface area contributed by atoms with Crippen molar-refractivity contribution < 1.29 is 17.9 Å². The van der Waals surface area contributed by atoms with Gasteiger partial charge in [-0.2, -0.15) is 4.31 Å². The predicted octanol–water partition coefficient (Wildman–Crippen LogP) is 1.39. The molecule has 2 aliphatic heterocycles. The first-order chi connectivity index (χ1) is 12.0. The summed E-state index contributed by atoms with van der Waals surface area (Å²) < 4.78 is 37.5. The Morgan fingerprint density at radius 2 is 1.68 bits per heavy atom. The highest BCUT2D eigenvalue weighted by Crippen LogP contribution is 2.27. The summed E-state index contributed by atoms with van der Waals surface area (Å²) in [5, 5.41) is 3.98. The molecule has 2 saturated heterocycles. The molecule has 10 heteroatoms. The number of thiocarbonyl (C=S) groups is 1. The quantitative estimate of drug-likeness (QED) is 0.762. The van der Waals surface area contributed by atoms with Gasteiger partial charge in [0.2, 0.25) is 10.0 Å². The van der Waals surface area contributed by atoms with Gasteiger partial charge in [-0.3, -0.25) is 0 Å². The Morgan fingerprint density at radius 3 is 2.32 bits per heavy atom. The van der Waals surface area contributed by atoms with E-state index < -0.39 is 10.0 Å². The molecular formula is C15H20ClN3O4S2. The maximum Gasteiger partial charge on any atom is 0.243 e. The molecule has 7 nitrogen and oxygen atoms in total. The summed E-state index contributed by atoms with van der Waals surface area (Å²) in [4.78, 5) is 2.16. The lowest BCUT2D eigenvalue weighted by atomic mass is 10.3. The van der Waals surface area contributed by atoms with Crippen molar-refractivity contribution in [3.05, 3.63) is 23.2 Å². The molecule has 2 aliphatic rings. The van der Waals surface area contributed by atoms with Crippen molar-refractivity contribution in [2.45, 2.75) is 4.90 Å². The minimum atomic E-state index is -3.58. The van der Waals surface area contributed by atoms with Gasteiger partial charge in [0.15, 0.2) is 5.11 Å². The Morgan fingerprint density at radius 1 is 1.08 bits per heavy atom. The second-order valence-corrected chi connectivity index (χ2v) is 8.42. The molecule has 0 bridgehead atoms. The fourth-order valence-corrected chi connectivity index (χ4v) is 4.55.